The number of nitrogens with one attached hydrogen (secondary N) is 1. The van der Waals surface area contributed by atoms with Gasteiger partial charge in [-0.05, 0) is 13.3 Å². The van der Waals surface area contributed by atoms with Gasteiger partial charge in [0.1, 0.15) is 11.8 Å². The van der Waals surface area contributed by atoms with Gasteiger partial charge in [0.2, 0.25) is 0 Å². The minimum Gasteiger partial charge on any atom is -0.381 e. The quantitative estimate of drug-likeness (QED) is 0.925. The van der Waals surface area contributed by atoms with Crippen molar-refractivity contribution in [3.8, 4) is 0 Å². The molecule has 0 aromatic carbocycles. The zero-order valence-corrected chi connectivity index (χ0v) is 12.4. The minimum absolute atomic E-state index is 0.0966. The summed E-state index contributed by atoms with van der Waals surface area (Å²) in [6, 6.07) is 0.345. The maximum Gasteiger partial charge on any atom is 0.165 e. The monoisotopic (exact) mass is 275 g/mol. The maximum atomic E-state index is 5.49. The second-order valence-corrected chi connectivity index (χ2v) is 5.90. The molecule has 20 heavy (non-hydrogen) atoms. The van der Waals surface area contributed by atoms with Crippen LogP contribution in [0.5, 0.6) is 0 Å². The first-order valence-electron chi connectivity index (χ1n) is 7.03. The Morgan fingerprint density at radius 3 is 2.85 bits per heavy atom. The number of ether oxygens (including phenoxy) is 1. The van der Waals surface area contributed by atoms with Crippen LogP contribution in [0.4, 0.5) is 5.82 Å². The van der Waals surface area contributed by atoms with Gasteiger partial charge in [-0.2, -0.15) is 0 Å². The third kappa shape index (κ3) is 1.86. The molecule has 1 aliphatic carbocycles. The first-order chi connectivity index (χ1) is 9.57. The third-order valence-corrected chi connectivity index (χ3v) is 4.52. The Hall–Kier alpha value is -1.69. The van der Waals surface area contributed by atoms with Gasteiger partial charge in [-0.15, -0.1) is 0 Å². The summed E-state index contributed by atoms with van der Waals surface area (Å²) in [6.07, 6.45) is 4.70. The molecule has 0 amide bonds. The Morgan fingerprint density at radius 2 is 2.20 bits per heavy atom. The molecule has 1 aliphatic rings. The predicted octanol–water partition coefficient (Wildman–Crippen LogP) is 2.07. The zero-order chi connectivity index (χ0) is 14.3. The molecule has 1 saturated carbocycles. The van der Waals surface area contributed by atoms with Crippen molar-refractivity contribution in [1.82, 2.24) is 19.5 Å². The Kier molecular flexibility index (Phi) is 3.12. The van der Waals surface area contributed by atoms with E-state index in [9.17, 15) is 0 Å². The number of aryl methyl sites for hydroxylation is 1. The maximum absolute atomic E-state index is 5.49. The SMILES string of the molecule is CCn1cnc2c(NC3CC(OC)C3(C)C)ncnc21. The van der Waals surface area contributed by atoms with Crippen molar-refractivity contribution in [1.29, 1.82) is 0 Å². The van der Waals surface area contributed by atoms with Crippen molar-refractivity contribution in [2.45, 2.75) is 45.9 Å². The highest BCUT2D eigenvalue weighted by molar-refractivity contribution is 5.82. The van der Waals surface area contributed by atoms with E-state index < -0.39 is 0 Å². The van der Waals surface area contributed by atoms with Crippen molar-refractivity contribution >= 4 is 17.0 Å². The number of methoxy groups -OCH3 is 1. The van der Waals surface area contributed by atoms with Gasteiger partial charge < -0.3 is 14.6 Å². The molecule has 2 atom stereocenters. The Morgan fingerprint density at radius 1 is 1.40 bits per heavy atom. The minimum atomic E-state index is 0.0966. The zero-order valence-electron chi connectivity index (χ0n) is 12.4. The summed E-state index contributed by atoms with van der Waals surface area (Å²) in [6.45, 7) is 7.36. The van der Waals surface area contributed by atoms with E-state index in [1.807, 2.05) is 10.9 Å². The van der Waals surface area contributed by atoms with Crippen LogP contribution in [0.25, 0.3) is 11.2 Å². The molecule has 6 nitrogen and oxygen atoms in total. The van der Waals surface area contributed by atoms with Crippen molar-refractivity contribution in [2.24, 2.45) is 5.41 Å². The molecule has 2 unspecified atom stereocenters. The second-order valence-electron chi connectivity index (χ2n) is 5.90. The summed E-state index contributed by atoms with van der Waals surface area (Å²) in [5.74, 6) is 0.815. The summed E-state index contributed by atoms with van der Waals surface area (Å²) >= 11 is 0. The molecule has 0 radical (unpaired) electrons. The summed E-state index contributed by atoms with van der Waals surface area (Å²) in [7, 11) is 1.77. The van der Waals surface area contributed by atoms with E-state index in [1.54, 1.807) is 13.4 Å². The van der Waals surface area contributed by atoms with Crippen LogP contribution in [0.2, 0.25) is 0 Å². The molecule has 0 spiro atoms. The summed E-state index contributed by atoms with van der Waals surface area (Å²) in [5.41, 5.74) is 1.82. The number of aromatic nitrogens is 4. The molecule has 108 valence electrons. The number of fused-ring (bicyclic) bond motifs is 1. The average Bonchev–Trinajstić information content (AvgIpc) is 2.86. The highest BCUT2D eigenvalue weighted by Gasteiger charge is 2.48. The van der Waals surface area contributed by atoms with Crippen molar-refractivity contribution in [3.05, 3.63) is 12.7 Å². The molecule has 3 rings (SSSR count). The van der Waals surface area contributed by atoms with Crippen LogP contribution in [-0.2, 0) is 11.3 Å². The fraction of sp³-hybridized carbons (Fsp3) is 0.643. The average molecular weight is 275 g/mol. The molecule has 0 aliphatic heterocycles. The first-order valence-corrected chi connectivity index (χ1v) is 7.03. The van der Waals surface area contributed by atoms with Gasteiger partial charge in [-0.1, -0.05) is 13.8 Å². The van der Waals surface area contributed by atoms with Crippen molar-refractivity contribution in [2.75, 3.05) is 12.4 Å². The van der Waals surface area contributed by atoms with Gasteiger partial charge in [0, 0.05) is 25.1 Å². The van der Waals surface area contributed by atoms with Crippen LogP contribution < -0.4 is 5.32 Å². The van der Waals surface area contributed by atoms with Gasteiger partial charge >= 0.3 is 0 Å². The fourth-order valence-electron chi connectivity index (χ4n) is 2.91. The third-order valence-electron chi connectivity index (χ3n) is 4.52. The van der Waals surface area contributed by atoms with E-state index in [1.165, 1.54) is 0 Å². The van der Waals surface area contributed by atoms with Crippen LogP contribution in [0, 0.1) is 5.41 Å². The lowest BCUT2D eigenvalue weighted by molar-refractivity contribution is -0.0795. The van der Waals surface area contributed by atoms with Crippen molar-refractivity contribution < 1.29 is 4.74 Å². The summed E-state index contributed by atoms with van der Waals surface area (Å²) in [5, 5.41) is 3.51. The normalized spacial score (nSPS) is 24.6. The molecule has 1 fully saturated rings. The van der Waals surface area contributed by atoms with E-state index in [-0.39, 0.29) is 5.41 Å². The smallest absolute Gasteiger partial charge is 0.165 e. The largest absolute Gasteiger partial charge is 0.381 e. The van der Waals surface area contributed by atoms with Gasteiger partial charge in [0.15, 0.2) is 11.5 Å². The van der Waals surface area contributed by atoms with E-state index >= 15 is 0 Å². The number of rotatable bonds is 4. The highest BCUT2D eigenvalue weighted by Crippen LogP contribution is 2.44. The van der Waals surface area contributed by atoms with E-state index in [0.717, 1.165) is 29.9 Å². The summed E-state index contributed by atoms with van der Waals surface area (Å²) < 4.78 is 7.51. The predicted molar refractivity (Wildman–Crippen MR) is 77.6 cm³/mol. The summed E-state index contributed by atoms with van der Waals surface area (Å²) in [4.78, 5) is 13.1. The molecule has 6 heteroatoms. The van der Waals surface area contributed by atoms with Crippen LogP contribution in [0.3, 0.4) is 0 Å². The lowest BCUT2D eigenvalue weighted by atomic mass is 9.64. The molecule has 0 saturated heterocycles. The second kappa shape index (κ2) is 4.70. The van der Waals surface area contributed by atoms with E-state index in [0.29, 0.717) is 12.1 Å². The van der Waals surface area contributed by atoms with Crippen molar-refractivity contribution in [3.63, 3.8) is 0 Å². The van der Waals surface area contributed by atoms with Gasteiger partial charge in [0.25, 0.3) is 0 Å². The molecule has 0 bridgehead atoms. The Balaban J connectivity index is 1.87. The molecule has 2 heterocycles. The topological polar surface area (TPSA) is 64.9 Å². The van der Waals surface area contributed by atoms with Gasteiger partial charge in [-0.3, -0.25) is 0 Å². The van der Waals surface area contributed by atoms with Crippen LogP contribution in [0.15, 0.2) is 12.7 Å². The van der Waals surface area contributed by atoms with Crippen LogP contribution in [0.1, 0.15) is 27.2 Å². The van der Waals surface area contributed by atoms with E-state index in [4.69, 9.17) is 4.74 Å². The number of anilines is 1. The molecular formula is C14H21N5O. The highest BCUT2D eigenvalue weighted by atomic mass is 16.5. The number of hydrogen-bond donors (Lipinski definition) is 1. The fourth-order valence-corrected chi connectivity index (χ4v) is 2.91. The lowest BCUT2D eigenvalue weighted by Gasteiger charge is -2.51. The molecular weight excluding hydrogens is 254 g/mol. The van der Waals surface area contributed by atoms with E-state index in [2.05, 4.69) is 41.0 Å². The Labute approximate surface area is 118 Å². The Bertz CT molecular complexity index is 621. The van der Waals surface area contributed by atoms with Gasteiger partial charge in [-0.25, -0.2) is 15.0 Å². The van der Waals surface area contributed by atoms with Crippen LogP contribution in [-0.4, -0.2) is 38.8 Å². The molecule has 2 aromatic heterocycles. The lowest BCUT2D eigenvalue weighted by Crippen LogP contribution is -2.57. The van der Waals surface area contributed by atoms with Gasteiger partial charge in [0.05, 0.1) is 12.4 Å². The number of hydrogen-bond acceptors (Lipinski definition) is 5. The molecule has 2 aromatic rings. The number of imidazole rings is 1. The van der Waals surface area contributed by atoms with Crippen LogP contribution >= 0.6 is 0 Å². The first kappa shape index (κ1) is 13.3. The molecule has 1 N–H and O–H groups in total. The standard InChI is InChI=1S/C14H21N5O/c1-5-19-8-17-11-12(15-7-16-13(11)19)18-9-6-10(20-4)14(9,2)3/h7-10H,5-6H2,1-4H3,(H,15,16,18). The number of nitrogens with zero attached hydrogens (tertiary/aromatic N) is 4.